The molecule has 13 heavy (non-hydrogen) atoms. The van der Waals surface area contributed by atoms with Crippen LogP contribution in [0.25, 0.3) is 0 Å². The highest BCUT2D eigenvalue weighted by molar-refractivity contribution is 9.10. The van der Waals surface area contributed by atoms with E-state index in [0.717, 1.165) is 10.2 Å². The Kier molecular flexibility index (Phi) is 3.85. The van der Waals surface area contributed by atoms with Gasteiger partial charge in [0.25, 0.3) is 0 Å². The van der Waals surface area contributed by atoms with E-state index in [1.54, 1.807) is 0 Å². The Morgan fingerprint density at radius 3 is 2.85 bits per heavy atom. The SMILES string of the molecule is CC#CCNc1ccc(C)c(Br)c1. The summed E-state index contributed by atoms with van der Waals surface area (Å²) in [5, 5.41) is 3.21. The highest BCUT2D eigenvalue weighted by atomic mass is 79.9. The second kappa shape index (κ2) is 4.94. The van der Waals surface area contributed by atoms with Gasteiger partial charge in [0.1, 0.15) is 0 Å². The molecule has 68 valence electrons. The molecule has 2 heteroatoms. The van der Waals surface area contributed by atoms with Gasteiger partial charge in [-0.05, 0) is 31.5 Å². The molecule has 1 nitrogen and oxygen atoms in total. The fourth-order valence-electron chi connectivity index (χ4n) is 0.937. The van der Waals surface area contributed by atoms with E-state index in [0.29, 0.717) is 6.54 Å². The Balaban J connectivity index is 2.66. The number of rotatable bonds is 2. The standard InChI is InChI=1S/C11H12BrN/c1-3-4-7-13-10-6-5-9(2)11(12)8-10/h5-6,8,13H,7H2,1-2H3. The van der Waals surface area contributed by atoms with Crippen molar-refractivity contribution < 1.29 is 0 Å². The van der Waals surface area contributed by atoms with Crippen LogP contribution in [0.1, 0.15) is 12.5 Å². The summed E-state index contributed by atoms with van der Waals surface area (Å²) in [4.78, 5) is 0. The van der Waals surface area contributed by atoms with Gasteiger partial charge in [-0.25, -0.2) is 0 Å². The van der Waals surface area contributed by atoms with E-state index >= 15 is 0 Å². The Labute approximate surface area is 87.7 Å². The molecule has 0 aromatic heterocycles. The van der Waals surface area contributed by atoms with Crippen molar-refractivity contribution in [1.29, 1.82) is 0 Å². The summed E-state index contributed by atoms with van der Waals surface area (Å²) in [7, 11) is 0. The predicted molar refractivity (Wildman–Crippen MR) is 60.8 cm³/mol. The zero-order valence-electron chi connectivity index (χ0n) is 7.82. The average molecular weight is 238 g/mol. The first kappa shape index (κ1) is 10.1. The molecule has 0 aliphatic rings. The van der Waals surface area contributed by atoms with Crippen LogP contribution in [0.3, 0.4) is 0 Å². The van der Waals surface area contributed by atoms with Gasteiger partial charge < -0.3 is 5.32 Å². The van der Waals surface area contributed by atoms with E-state index < -0.39 is 0 Å². The number of anilines is 1. The Hall–Kier alpha value is -0.940. The highest BCUT2D eigenvalue weighted by Crippen LogP contribution is 2.20. The Morgan fingerprint density at radius 1 is 1.46 bits per heavy atom. The first-order chi connectivity index (χ1) is 6.24. The summed E-state index contributed by atoms with van der Waals surface area (Å²) < 4.78 is 1.13. The van der Waals surface area contributed by atoms with Crippen LogP contribution in [0, 0.1) is 18.8 Å². The summed E-state index contributed by atoms with van der Waals surface area (Å²) in [5.41, 5.74) is 2.34. The maximum atomic E-state index is 3.48. The van der Waals surface area contributed by atoms with Crippen LogP contribution in [-0.2, 0) is 0 Å². The molecule has 0 amide bonds. The second-order valence-electron chi connectivity index (χ2n) is 2.74. The van der Waals surface area contributed by atoms with Crippen LogP contribution in [0.4, 0.5) is 5.69 Å². The maximum absolute atomic E-state index is 3.48. The van der Waals surface area contributed by atoms with E-state index in [4.69, 9.17) is 0 Å². The van der Waals surface area contributed by atoms with E-state index in [9.17, 15) is 0 Å². The van der Waals surface area contributed by atoms with Gasteiger partial charge in [0.2, 0.25) is 0 Å². The van der Waals surface area contributed by atoms with Crippen LogP contribution < -0.4 is 5.32 Å². The zero-order chi connectivity index (χ0) is 9.68. The summed E-state index contributed by atoms with van der Waals surface area (Å²) in [6, 6.07) is 6.19. The highest BCUT2D eigenvalue weighted by Gasteiger charge is 1.95. The number of hydrogen-bond donors (Lipinski definition) is 1. The molecule has 0 aliphatic heterocycles. The van der Waals surface area contributed by atoms with E-state index in [2.05, 4.69) is 58.2 Å². The Morgan fingerprint density at radius 2 is 2.23 bits per heavy atom. The number of aryl methyl sites for hydroxylation is 1. The smallest absolute Gasteiger partial charge is 0.0765 e. The zero-order valence-corrected chi connectivity index (χ0v) is 9.40. The molecule has 1 N–H and O–H groups in total. The number of halogens is 1. The summed E-state index contributed by atoms with van der Waals surface area (Å²) in [5.74, 6) is 5.79. The molecule has 0 aliphatic carbocycles. The first-order valence-electron chi connectivity index (χ1n) is 4.13. The first-order valence-corrected chi connectivity index (χ1v) is 4.93. The molecule has 0 spiro atoms. The van der Waals surface area contributed by atoms with Gasteiger partial charge in [-0.3, -0.25) is 0 Å². The molecule has 0 radical (unpaired) electrons. The molecular formula is C11H12BrN. The van der Waals surface area contributed by atoms with Gasteiger partial charge in [-0.1, -0.05) is 27.9 Å². The minimum atomic E-state index is 0.700. The topological polar surface area (TPSA) is 12.0 Å². The van der Waals surface area contributed by atoms with Crippen molar-refractivity contribution in [2.45, 2.75) is 13.8 Å². The minimum absolute atomic E-state index is 0.700. The molecule has 0 unspecified atom stereocenters. The molecule has 0 saturated carbocycles. The van der Waals surface area contributed by atoms with Crippen molar-refractivity contribution >= 4 is 21.6 Å². The van der Waals surface area contributed by atoms with Gasteiger partial charge in [0.15, 0.2) is 0 Å². The second-order valence-corrected chi connectivity index (χ2v) is 3.60. The van der Waals surface area contributed by atoms with Crippen molar-refractivity contribution in [3.63, 3.8) is 0 Å². The summed E-state index contributed by atoms with van der Waals surface area (Å²) in [6.07, 6.45) is 0. The number of benzene rings is 1. The normalized spacial score (nSPS) is 8.85. The maximum Gasteiger partial charge on any atom is 0.0765 e. The van der Waals surface area contributed by atoms with E-state index in [1.165, 1.54) is 5.56 Å². The Bertz CT molecular complexity index is 347. The van der Waals surface area contributed by atoms with Gasteiger partial charge in [0.05, 0.1) is 6.54 Å². The van der Waals surface area contributed by atoms with Gasteiger partial charge in [0, 0.05) is 10.2 Å². The van der Waals surface area contributed by atoms with Crippen LogP contribution in [0.5, 0.6) is 0 Å². The van der Waals surface area contributed by atoms with Crippen LogP contribution >= 0.6 is 15.9 Å². The molecule has 1 aromatic carbocycles. The van der Waals surface area contributed by atoms with E-state index in [1.807, 2.05) is 6.92 Å². The molecule has 0 saturated heterocycles. The van der Waals surface area contributed by atoms with E-state index in [-0.39, 0.29) is 0 Å². The van der Waals surface area contributed by atoms with Crippen molar-refractivity contribution in [3.05, 3.63) is 28.2 Å². The van der Waals surface area contributed by atoms with Crippen molar-refractivity contribution in [3.8, 4) is 11.8 Å². The van der Waals surface area contributed by atoms with Gasteiger partial charge in [-0.15, -0.1) is 5.92 Å². The largest absolute Gasteiger partial charge is 0.374 e. The third kappa shape index (κ3) is 3.12. The fraction of sp³-hybridized carbons (Fsp3) is 0.273. The number of nitrogens with one attached hydrogen (secondary N) is 1. The molecule has 0 bridgehead atoms. The third-order valence-corrected chi connectivity index (χ3v) is 2.58. The van der Waals surface area contributed by atoms with Crippen LogP contribution in [0.15, 0.2) is 22.7 Å². The predicted octanol–water partition coefficient (Wildman–Crippen LogP) is 3.19. The lowest BCUT2D eigenvalue weighted by Gasteiger charge is -2.04. The molecule has 1 aromatic rings. The average Bonchev–Trinajstić information content (AvgIpc) is 2.12. The molecule has 0 fully saturated rings. The molecule has 1 rings (SSSR count). The van der Waals surface area contributed by atoms with Crippen molar-refractivity contribution in [2.24, 2.45) is 0 Å². The molecule has 0 atom stereocenters. The lowest BCUT2D eigenvalue weighted by atomic mass is 10.2. The lowest BCUT2D eigenvalue weighted by Crippen LogP contribution is -1.98. The molecule has 0 heterocycles. The summed E-state index contributed by atoms with van der Waals surface area (Å²) >= 11 is 3.48. The molecular weight excluding hydrogens is 226 g/mol. The quantitative estimate of drug-likeness (QED) is 0.780. The fourth-order valence-corrected chi connectivity index (χ4v) is 1.32. The third-order valence-electron chi connectivity index (χ3n) is 1.73. The van der Waals surface area contributed by atoms with Crippen LogP contribution in [0.2, 0.25) is 0 Å². The van der Waals surface area contributed by atoms with Crippen molar-refractivity contribution in [1.82, 2.24) is 0 Å². The van der Waals surface area contributed by atoms with Gasteiger partial charge >= 0.3 is 0 Å². The monoisotopic (exact) mass is 237 g/mol. The van der Waals surface area contributed by atoms with Crippen LogP contribution in [-0.4, -0.2) is 6.54 Å². The minimum Gasteiger partial charge on any atom is -0.374 e. The number of hydrogen-bond acceptors (Lipinski definition) is 1. The lowest BCUT2D eigenvalue weighted by molar-refractivity contribution is 1.35. The van der Waals surface area contributed by atoms with Crippen molar-refractivity contribution in [2.75, 3.05) is 11.9 Å². The summed E-state index contributed by atoms with van der Waals surface area (Å²) in [6.45, 7) is 4.61. The van der Waals surface area contributed by atoms with Gasteiger partial charge in [-0.2, -0.15) is 0 Å².